The highest BCUT2D eigenvalue weighted by molar-refractivity contribution is 7.99. The van der Waals surface area contributed by atoms with E-state index in [9.17, 15) is 0 Å². The first-order valence-electron chi connectivity index (χ1n) is 7.66. The lowest BCUT2D eigenvalue weighted by Crippen LogP contribution is -2.32. The van der Waals surface area contributed by atoms with Gasteiger partial charge in [0.2, 0.25) is 0 Å². The normalized spacial score (nSPS) is 24.5. The molecule has 1 atom stereocenters. The minimum absolute atomic E-state index is 0.519. The van der Waals surface area contributed by atoms with E-state index in [0.717, 1.165) is 12.6 Å². The number of hydrogen-bond acceptors (Lipinski definition) is 5. The number of nitrogens with one attached hydrogen (secondary N) is 1. The standard InChI is InChI=1S/C15H25N3S2/c1-10(2)14-13(8-16-11-4-5-11)20-15(17-14)12-9-19-7-6-18(12)3/h10-12,16H,4-9H2,1-3H3. The SMILES string of the molecule is CC(C)c1nc(C2CSCCN2C)sc1CNC1CC1. The molecule has 1 aromatic rings. The number of thioether (sulfide) groups is 1. The molecule has 0 amide bonds. The topological polar surface area (TPSA) is 28.2 Å². The predicted octanol–water partition coefficient (Wildman–Crippen LogP) is 3.24. The van der Waals surface area contributed by atoms with Crippen molar-refractivity contribution in [2.24, 2.45) is 0 Å². The van der Waals surface area contributed by atoms with Gasteiger partial charge in [0.15, 0.2) is 0 Å². The van der Waals surface area contributed by atoms with Crippen LogP contribution < -0.4 is 5.32 Å². The second-order valence-corrected chi connectivity index (χ2v) is 8.51. The van der Waals surface area contributed by atoms with Crippen molar-refractivity contribution >= 4 is 23.1 Å². The van der Waals surface area contributed by atoms with E-state index in [1.54, 1.807) is 0 Å². The molecule has 1 aromatic heterocycles. The van der Waals surface area contributed by atoms with Crippen LogP contribution in [0.1, 0.15) is 54.2 Å². The molecule has 3 nitrogen and oxygen atoms in total. The van der Waals surface area contributed by atoms with E-state index in [2.05, 4.69) is 42.9 Å². The molecule has 112 valence electrons. The Hall–Kier alpha value is -0.100. The summed E-state index contributed by atoms with van der Waals surface area (Å²) in [5.74, 6) is 2.97. The zero-order valence-electron chi connectivity index (χ0n) is 12.7. The summed E-state index contributed by atoms with van der Waals surface area (Å²) in [5.41, 5.74) is 1.32. The van der Waals surface area contributed by atoms with Crippen molar-refractivity contribution in [1.82, 2.24) is 15.2 Å². The molecule has 1 N–H and O–H groups in total. The summed E-state index contributed by atoms with van der Waals surface area (Å²) in [7, 11) is 2.24. The van der Waals surface area contributed by atoms with E-state index in [-0.39, 0.29) is 0 Å². The fraction of sp³-hybridized carbons (Fsp3) is 0.800. The highest BCUT2D eigenvalue weighted by Crippen LogP contribution is 2.35. The Morgan fingerprint density at radius 2 is 2.20 bits per heavy atom. The second-order valence-electron chi connectivity index (χ2n) is 6.24. The number of rotatable bonds is 5. The molecule has 1 aliphatic carbocycles. The molecule has 1 saturated heterocycles. The summed E-state index contributed by atoms with van der Waals surface area (Å²) in [4.78, 5) is 8.94. The number of nitrogens with zero attached hydrogens (tertiary/aromatic N) is 2. The molecular formula is C15H25N3S2. The molecule has 20 heavy (non-hydrogen) atoms. The van der Waals surface area contributed by atoms with Gasteiger partial charge in [-0.05, 0) is 25.8 Å². The van der Waals surface area contributed by atoms with Crippen molar-refractivity contribution in [1.29, 1.82) is 0 Å². The Kier molecular flexibility index (Phi) is 4.70. The first-order valence-corrected chi connectivity index (χ1v) is 9.63. The molecule has 3 rings (SSSR count). The number of thiazole rings is 1. The van der Waals surface area contributed by atoms with Crippen LogP contribution in [-0.4, -0.2) is 41.0 Å². The summed E-state index contributed by atoms with van der Waals surface area (Å²) < 4.78 is 0. The van der Waals surface area contributed by atoms with Crippen molar-refractivity contribution in [3.05, 3.63) is 15.6 Å². The van der Waals surface area contributed by atoms with Crippen molar-refractivity contribution in [2.75, 3.05) is 25.1 Å². The average molecular weight is 312 g/mol. The van der Waals surface area contributed by atoms with Gasteiger partial charge in [0, 0.05) is 35.5 Å². The number of hydrogen-bond donors (Lipinski definition) is 1. The van der Waals surface area contributed by atoms with Gasteiger partial charge in [0.05, 0.1) is 11.7 Å². The Balaban J connectivity index is 1.77. The van der Waals surface area contributed by atoms with Crippen LogP contribution in [0, 0.1) is 0 Å². The van der Waals surface area contributed by atoms with Gasteiger partial charge >= 0.3 is 0 Å². The fourth-order valence-electron chi connectivity index (χ4n) is 2.57. The molecule has 2 fully saturated rings. The van der Waals surface area contributed by atoms with Crippen molar-refractivity contribution in [3.8, 4) is 0 Å². The van der Waals surface area contributed by atoms with Gasteiger partial charge in [0.25, 0.3) is 0 Å². The Morgan fingerprint density at radius 1 is 1.40 bits per heavy atom. The third kappa shape index (κ3) is 3.38. The van der Waals surface area contributed by atoms with E-state index in [1.165, 1.54) is 46.5 Å². The lowest BCUT2D eigenvalue weighted by molar-refractivity contribution is 0.274. The van der Waals surface area contributed by atoms with E-state index in [4.69, 9.17) is 4.98 Å². The average Bonchev–Trinajstić information content (AvgIpc) is 3.15. The summed E-state index contributed by atoms with van der Waals surface area (Å²) >= 11 is 4.00. The molecular weight excluding hydrogens is 286 g/mol. The quantitative estimate of drug-likeness (QED) is 0.903. The highest BCUT2D eigenvalue weighted by atomic mass is 32.2. The smallest absolute Gasteiger partial charge is 0.111 e. The Labute approximate surface area is 130 Å². The van der Waals surface area contributed by atoms with Gasteiger partial charge in [0.1, 0.15) is 5.01 Å². The van der Waals surface area contributed by atoms with E-state index in [0.29, 0.717) is 12.0 Å². The van der Waals surface area contributed by atoms with Gasteiger partial charge < -0.3 is 5.32 Å². The maximum absolute atomic E-state index is 5.01. The molecule has 5 heteroatoms. The van der Waals surface area contributed by atoms with Crippen LogP contribution in [-0.2, 0) is 6.54 Å². The minimum Gasteiger partial charge on any atom is -0.309 e. The summed E-state index contributed by atoms with van der Waals surface area (Å²) in [6, 6.07) is 1.29. The Morgan fingerprint density at radius 3 is 2.85 bits per heavy atom. The maximum Gasteiger partial charge on any atom is 0.111 e. The third-order valence-corrected chi connectivity index (χ3v) is 6.30. The van der Waals surface area contributed by atoms with E-state index in [1.807, 2.05) is 11.3 Å². The highest BCUT2D eigenvalue weighted by Gasteiger charge is 2.27. The number of aromatic nitrogens is 1. The first kappa shape index (κ1) is 14.8. The summed E-state index contributed by atoms with van der Waals surface area (Å²) in [6.45, 7) is 6.72. The fourth-order valence-corrected chi connectivity index (χ4v) is 5.24. The maximum atomic E-state index is 5.01. The molecule has 0 radical (unpaired) electrons. The third-order valence-electron chi connectivity index (χ3n) is 4.10. The molecule has 0 aromatic carbocycles. The van der Waals surface area contributed by atoms with Crippen LogP contribution in [0.3, 0.4) is 0 Å². The van der Waals surface area contributed by atoms with E-state index >= 15 is 0 Å². The van der Waals surface area contributed by atoms with Crippen LogP contribution in [0.5, 0.6) is 0 Å². The van der Waals surface area contributed by atoms with Gasteiger partial charge in [-0.2, -0.15) is 11.8 Å². The van der Waals surface area contributed by atoms with Crippen LogP contribution >= 0.6 is 23.1 Å². The molecule has 2 heterocycles. The zero-order chi connectivity index (χ0) is 14.1. The predicted molar refractivity (Wildman–Crippen MR) is 88.8 cm³/mol. The molecule has 1 unspecified atom stereocenters. The summed E-state index contributed by atoms with van der Waals surface area (Å²) in [6.07, 6.45) is 2.70. The van der Waals surface area contributed by atoms with Crippen molar-refractivity contribution < 1.29 is 0 Å². The van der Waals surface area contributed by atoms with Crippen LogP contribution in [0.15, 0.2) is 0 Å². The molecule has 1 saturated carbocycles. The minimum atomic E-state index is 0.519. The van der Waals surface area contributed by atoms with Crippen molar-refractivity contribution in [3.63, 3.8) is 0 Å². The van der Waals surface area contributed by atoms with Crippen LogP contribution in [0.4, 0.5) is 0 Å². The molecule has 0 spiro atoms. The molecule has 0 bridgehead atoms. The van der Waals surface area contributed by atoms with Gasteiger partial charge in [-0.1, -0.05) is 13.8 Å². The second kappa shape index (κ2) is 6.34. The van der Waals surface area contributed by atoms with Gasteiger partial charge in [-0.15, -0.1) is 11.3 Å². The Bertz CT molecular complexity index is 454. The molecule has 2 aliphatic rings. The zero-order valence-corrected chi connectivity index (χ0v) is 14.3. The van der Waals surface area contributed by atoms with Crippen molar-refractivity contribution in [2.45, 2.75) is 51.2 Å². The van der Waals surface area contributed by atoms with E-state index < -0.39 is 0 Å². The molecule has 1 aliphatic heterocycles. The first-order chi connectivity index (χ1) is 9.65. The monoisotopic (exact) mass is 311 g/mol. The van der Waals surface area contributed by atoms with Crippen LogP contribution in [0.25, 0.3) is 0 Å². The lowest BCUT2D eigenvalue weighted by Gasteiger charge is -2.30. The van der Waals surface area contributed by atoms with Gasteiger partial charge in [-0.25, -0.2) is 4.98 Å². The van der Waals surface area contributed by atoms with Gasteiger partial charge in [-0.3, -0.25) is 4.90 Å². The largest absolute Gasteiger partial charge is 0.309 e. The summed E-state index contributed by atoms with van der Waals surface area (Å²) in [5, 5.41) is 4.98. The lowest BCUT2D eigenvalue weighted by atomic mass is 10.1. The van der Waals surface area contributed by atoms with Crippen LogP contribution in [0.2, 0.25) is 0 Å².